The zero-order chi connectivity index (χ0) is 16.8. The van der Waals surface area contributed by atoms with Gasteiger partial charge >= 0.3 is 5.97 Å². The number of oxazole rings is 1. The topological polar surface area (TPSA) is 52.3 Å². The van der Waals surface area contributed by atoms with Gasteiger partial charge in [-0.15, -0.1) is 0 Å². The Bertz CT molecular complexity index is 856. The van der Waals surface area contributed by atoms with Crippen LogP contribution in [0.1, 0.15) is 11.5 Å². The minimum absolute atomic E-state index is 0.0223. The fourth-order valence-electron chi connectivity index (χ4n) is 2.07. The molecule has 0 saturated carbocycles. The van der Waals surface area contributed by atoms with Crippen LogP contribution in [0.25, 0.3) is 17.4 Å². The number of benzene rings is 2. The smallest absolute Gasteiger partial charge is 0.331 e. The highest BCUT2D eigenvalue weighted by Gasteiger charge is 2.07. The molecule has 0 aliphatic rings. The zero-order valence-electron chi connectivity index (χ0n) is 12.7. The summed E-state index contributed by atoms with van der Waals surface area (Å²) in [5.41, 5.74) is 1.74. The third-order valence-corrected chi connectivity index (χ3v) is 3.45. The second-order valence-electron chi connectivity index (χ2n) is 4.98. The summed E-state index contributed by atoms with van der Waals surface area (Å²) in [6.45, 7) is -0.0223. The van der Waals surface area contributed by atoms with Gasteiger partial charge in [0.15, 0.2) is 12.4 Å². The molecule has 0 N–H and O–H groups in total. The van der Waals surface area contributed by atoms with Crippen molar-refractivity contribution >= 4 is 23.6 Å². The van der Waals surface area contributed by atoms with E-state index in [1.54, 1.807) is 24.4 Å². The van der Waals surface area contributed by atoms with Gasteiger partial charge in [0.2, 0.25) is 5.89 Å². The van der Waals surface area contributed by atoms with Gasteiger partial charge in [-0.1, -0.05) is 54.1 Å². The summed E-state index contributed by atoms with van der Waals surface area (Å²) in [6, 6.07) is 16.8. The highest BCUT2D eigenvalue weighted by Crippen LogP contribution is 2.20. The predicted molar refractivity (Wildman–Crippen MR) is 92.2 cm³/mol. The van der Waals surface area contributed by atoms with Crippen molar-refractivity contribution in [2.75, 3.05) is 0 Å². The van der Waals surface area contributed by atoms with Gasteiger partial charge in [0, 0.05) is 16.7 Å². The molecule has 5 heteroatoms. The zero-order valence-corrected chi connectivity index (χ0v) is 13.4. The van der Waals surface area contributed by atoms with E-state index in [-0.39, 0.29) is 6.61 Å². The quantitative estimate of drug-likeness (QED) is 0.497. The van der Waals surface area contributed by atoms with Gasteiger partial charge in [0.1, 0.15) is 0 Å². The van der Waals surface area contributed by atoms with Crippen LogP contribution in [0.4, 0.5) is 0 Å². The Kier molecular flexibility index (Phi) is 5.08. The monoisotopic (exact) mass is 339 g/mol. The highest BCUT2D eigenvalue weighted by molar-refractivity contribution is 6.30. The normalized spacial score (nSPS) is 10.9. The summed E-state index contributed by atoms with van der Waals surface area (Å²) in [6.07, 6.45) is 4.59. The molecule has 2 aromatic carbocycles. The van der Waals surface area contributed by atoms with Gasteiger partial charge in [-0.05, 0) is 23.8 Å². The number of hydrogen-bond donors (Lipinski definition) is 0. The molecule has 0 fully saturated rings. The second kappa shape index (κ2) is 7.62. The summed E-state index contributed by atoms with van der Waals surface area (Å²) in [4.78, 5) is 15.8. The third-order valence-electron chi connectivity index (χ3n) is 3.21. The minimum Gasteiger partial charge on any atom is -0.453 e. The molecule has 3 aromatic rings. The standard InChI is InChI=1S/C19H14ClNO3/c20-16-8-4-5-14(11-16)9-10-19(22)23-13-18-21-12-17(24-18)15-6-2-1-3-7-15/h1-12H,13H2/b10-9+. The molecule has 1 heterocycles. The predicted octanol–water partition coefficient (Wildman–Crippen LogP) is 4.75. The van der Waals surface area contributed by atoms with Crippen molar-refractivity contribution in [3.05, 3.63) is 83.3 Å². The largest absolute Gasteiger partial charge is 0.453 e. The van der Waals surface area contributed by atoms with E-state index in [2.05, 4.69) is 4.98 Å². The van der Waals surface area contributed by atoms with E-state index in [1.807, 2.05) is 42.5 Å². The molecule has 0 radical (unpaired) electrons. The number of ether oxygens (including phenoxy) is 1. The van der Waals surface area contributed by atoms with Crippen molar-refractivity contribution in [1.29, 1.82) is 0 Å². The maximum absolute atomic E-state index is 11.7. The van der Waals surface area contributed by atoms with E-state index in [0.717, 1.165) is 11.1 Å². The molecule has 0 atom stereocenters. The number of carbonyl (C=O) groups is 1. The lowest BCUT2D eigenvalue weighted by Crippen LogP contribution is -2.00. The van der Waals surface area contributed by atoms with E-state index in [0.29, 0.717) is 16.7 Å². The van der Waals surface area contributed by atoms with Crippen molar-refractivity contribution < 1.29 is 13.9 Å². The van der Waals surface area contributed by atoms with Crippen LogP contribution >= 0.6 is 11.6 Å². The van der Waals surface area contributed by atoms with Crippen molar-refractivity contribution in [1.82, 2.24) is 4.98 Å². The van der Waals surface area contributed by atoms with Gasteiger partial charge in [0.25, 0.3) is 0 Å². The van der Waals surface area contributed by atoms with E-state index in [9.17, 15) is 4.79 Å². The van der Waals surface area contributed by atoms with E-state index in [4.69, 9.17) is 20.8 Å². The van der Waals surface area contributed by atoms with Gasteiger partial charge in [0.05, 0.1) is 6.20 Å². The molecular formula is C19H14ClNO3. The first-order valence-corrected chi connectivity index (χ1v) is 7.69. The van der Waals surface area contributed by atoms with Crippen LogP contribution in [0.3, 0.4) is 0 Å². The Hall–Kier alpha value is -2.85. The Morgan fingerprint density at radius 3 is 2.79 bits per heavy atom. The fraction of sp³-hybridized carbons (Fsp3) is 0.0526. The average molecular weight is 340 g/mol. The lowest BCUT2D eigenvalue weighted by molar-refractivity contribution is -0.139. The SMILES string of the molecule is O=C(/C=C/c1cccc(Cl)c1)OCc1ncc(-c2ccccc2)o1. The lowest BCUT2D eigenvalue weighted by atomic mass is 10.2. The Morgan fingerprint density at radius 1 is 1.17 bits per heavy atom. The molecule has 24 heavy (non-hydrogen) atoms. The van der Waals surface area contributed by atoms with Crippen LogP contribution in [0.15, 0.2) is 71.3 Å². The van der Waals surface area contributed by atoms with Crippen LogP contribution in [0.2, 0.25) is 5.02 Å². The molecule has 0 spiro atoms. The van der Waals surface area contributed by atoms with Gasteiger partial charge in [-0.3, -0.25) is 0 Å². The summed E-state index contributed by atoms with van der Waals surface area (Å²) >= 11 is 5.88. The van der Waals surface area contributed by atoms with Crippen LogP contribution in [0, 0.1) is 0 Å². The Balaban J connectivity index is 1.56. The molecule has 0 bridgehead atoms. The number of hydrogen-bond acceptors (Lipinski definition) is 4. The number of nitrogens with zero attached hydrogens (tertiary/aromatic N) is 1. The highest BCUT2D eigenvalue weighted by atomic mass is 35.5. The van der Waals surface area contributed by atoms with Gasteiger partial charge in [-0.25, -0.2) is 9.78 Å². The summed E-state index contributed by atoms with van der Waals surface area (Å²) < 4.78 is 10.7. The Morgan fingerprint density at radius 2 is 2.00 bits per heavy atom. The molecule has 120 valence electrons. The first-order chi connectivity index (χ1) is 11.7. The van der Waals surface area contributed by atoms with Crippen molar-refractivity contribution in [3.63, 3.8) is 0 Å². The first-order valence-electron chi connectivity index (χ1n) is 7.31. The first kappa shape index (κ1) is 16.0. The molecule has 1 aromatic heterocycles. The maximum Gasteiger partial charge on any atom is 0.331 e. The second-order valence-corrected chi connectivity index (χ2v) is 5.42. The fourth-order valence-corrected chi connectivity index (χ4v) is 2.27. The van der Waals surface area contributed by atoms with Crippen LogP contribution in [-0.2, 0) is 16.1 Å². The number of rotatable bonds is 5. The average Bonchev–Trinajstić information content (AvgIpc) is 3.08. The van der Waals surface area contributed by atoms with E-state index < -0.39 is 5.97 Å². The molecular weight excluding hydrogens is 326 g/mol. The van der Waals surface area contributed by atoms with E-state index >= 15 is 0 Å². The molecule has 4 nitrogen and oxygen atoms in total. The molecule has 0 saturated heterocycles. The lowest BCUT2D eigenvalue weighted by Gasteiger charge is -1.98. The number of carbonyl (C=O) groups excluding carboxylic acids is 1. The summed E-state index contributed by atoms with van der Waals surface area (Å²) in [5.74, 6) is 0.504. The van der Waals surface area contributed by atoms with Gasteiger partial charge < -0.3 is 9.15 Å². The van der Waals surface area contributed by atoms with E-state index in [1.165, 1.54) is 6.08 Å². The van der Waals surface area contributed by atoms with Crippen LogP contribution in [-0.4, -0.2) is 11.0 Å². The summed E-state index contributed by atoms with van der Waals surface area (Å²) in [7, 11) is 0. The number of halogens is 1. The van der Waals surface area contributed by atoms with Crippen molar-refractivity contribution in [3.8, 4) is 11.3 Å². The van der Waals surface area contributed by atoms with Crippen molar-refractivity contribution in [2.45, 2.75) is 6.61 Å². The molecule has 0 unspecified atom stereocenters. The molecule has 0 aliphatic carbocycles. The number of esters is 1. The molecule has 0 aliphatic heterocycles. The van der Waals surface area contributed by atoms with Crippen molar-refractivity contribution in [2.24, 2.45) is 0 Å². The summed E-state index contributed by atoms with van der Waals surface area (Å²) in [5, 5.41) is 0.610. The Labute approximate surface area is 144 Å². The van der Waals surface area contributed by atoms with Crippen LogP contribution < -0.4 is 0 Å². The molecule has 0 amide bonds. The maximum atomic E-state index is 11.7. The third kappa shape index (κ3) is 4.33. The van der Waals surface area contributed by atoms with Gasteiger partial charge in [-0.2, -0.15) is 0 Å². The number of aromatic nitrogens is 1. The van der Waals surface area contributed by atoms with Crippen LogP contribution in [0.5, 0.6) is 0 Å². The molecule has 3 rings (SSSR count). The minimum atomic E-state index is -0.477.